The maximum absolute atomic E-state index is 12.6. The van der Waals surface area contributed by atoms with E-state index in [0.717, 1.165) is 10.8 Å². The summed E-state index contributed by atoms with van der Waals surface area (Å²) in [6.45, 7) is 1.35. The lowest BCUT2D eigenvalue weighted by molar-refractivity contribution is -0.157. The van der Waals surface area contributed by atoms with Gasteiger partial charge in [0.1, 0.15) is 5.75 Å². The number of carboxylic acids is 1. The number of carbonyl (C=O) groups is 2. The highest BCUT2D eigenvalue weighted by Crippen LogP contribution is 2.42. The fourth-order valence-electron chi connectivity index (χ4n) is 4.04. The van der Waals surface area contributed by atoms with Crippen molar-refractivity contribution in [2.24, 2.45) is 11.3 Å². The summed E-state index contributed by atoms with van der Waals surface area (Å²) in [6.07, 6.45) is 0.445. The van der Waals surface area contributed by atoms with Gasteiger partial charge < -0.3 is 19.5 Å². The molecule has 2 aromatic carbocycles. The van der Waals surface area contributed by atoms with E-state index in [9.17, 15) is 14.7 Å². The summed E-state index contributed by atoms with van der Waals surface area (Å²) in [5.74, 6) is -0.524. The summed E-state index contributed by atoms with van der Waals surface area (Å²) in [7, 11) is 0. The average molecular weight is 355 g/mol. The van der Waals surface area contributed by atoms with Crippen LogP contribution in [0.25, 0.3) is 10.8 Å². The molecule has 2 aliphatic heterocycles. The molecule has 136 valence electrons. The van der Waals surface area contributed by atoms with Crippen molar-refractivity contribution in [2.45, 2.75) is 6.42 Å². The molecule has 2 aromatic rings. The van der Waals surface area contributed by atoms with Gasteiger partial charge in [-0.3, -0.25) is 9.59 Å². The van der Waals surface area contributed by atoms with Gasteiger partial charge in [0.05, 0.1) is 12.0 Å². The summed E-state index contributed by atoms with van der Waals surface area (Å²) in [5, 5.41) is 11.7. The highest BCUT2D eigenvalue weighted by molar-refractivity contribution is 5.89. The molecule has 2 atom stereocenters. The minimum Gasteiger partial charge on any atom is -0.483 e. The molecule has 0 bridgehead atoms. The summed E-state index contributed by atoms with van der Waals surface area (Å²) >= 11 is 0. The SMILES string of the molecule is O=C(COc1cccc2ccccc12)N1C[C@H]2COCC[C@@]2(C(=O)O)C1. The summed E-state index contributed by atoms with van der Waals surface area (Å²) in [6, 6.07) is 13.6. The molecule has 2 heterocycles. The van der Waals surface area contributed by atoms with Crippen molar-refractivity contribution in [1.29, 1.82) is 0 Å². The molecule has 2 aliphatic rings. The van der Waals surface area contributed by atoms with Crippen molar-refractivity contribution in [2.75, 3.05) is 32.9 Å². The number of hydrogen-bond acceptors (Lipinski definition) is 4. The minimum atomic E-state index is -0.882. The minimum absolute atomic E-state index is 0.0999. The highest BCUT2D eigenvalue weighted by Gasteiger charge is 2.54. The standard InChI is InChI=1S/C20H21NO5/c22-18(12-26-17-7-3-5-14-4-1-2-6-16(14)17)21-10-15-11-25-9-8-20(15,13-21)19(23)24/h1-7,15H,8-13H2,(H,23,24)/t15-,20+/m0/s1. The largest absolute Gasteiger partial charge is 0.483 e. The Balaban J connectivity index is 1.46. The molecule has 6 nitrogen and oxygen atoms in total. The van der Waals surface area contributed by atoms with Crippen LogP contribution in [0.15, 0.2) is 42.5 Å². The maximum Gasteiger partial charge on any atom is 0.311 e. The van der Waals surface area contributed by atoms with E-state index in [1.54, 1.807) is 4.90 Å². The number of likely N-dealkylation sites (tertiary alicyclic amines) is 1. The van der Waals surface area contributed by atoms with Gasteiger partial charge in [-0.05, 0) is 17.9 Å². The lowest BCUT2D eigenvalue weighted by atomic mass is 9.74. The number of fused-ring (bicyclic) bond motifs is 2. The first-order valence-corrected chi connectivity index (χ1v) is 8.80. The van der Waals surface area contributed by atoms with Crippen LogP contribution < -0.4 is 4.74 Å². The first kappa shape index (κ1) is 16.8. The second-order valence-electron chi connectivity index (χ2n) is 7.02. The molecule has 0 radical (unpaired) electrons. The number of benzene rings is 2. The third-order valence-electron chi connectivity index (χ3n) is 5.59. The predicted octanol–water partition coefficient (Wildman–Crippen LogP) is 2.17. The lowest BCUT2D eigenvalue weighted by Gasteiger charge is -2.33. The first-order valence-electron chi connectivity index (χ1n) is 8.80. The third kappa shape index (κ3) is 2.80. The Morgan fingerprint density at radius 2 is 2.04 bits per heavy atom. The molecule has 0 aliphatic carbocycles. The quantitative estimate of drug-likeness (QED) is 0.910. The smallest absolute Gasteiger partial charge is 0.311 e. The fourth-order valence-corrected chi connectivity index (χ4v) is 4.04. The van der Waals surface area contributed by atoms with Crippen LogP contribution in [0.2, 0.25) is 0 Å². The van der Waals surface area contributed by atoms with Crippen molar-refractivity contribution in [3.05, 3.63) is 42.5 Å². The summed E-state index contributed by atoms with van der Waals surface area (Å²) < 4.78 is 11.2. The Morgan fingerprint density at radius 1 is 1.23 bits per heavy atom. The number of ether oxygens (including phenoxy) is 2. The van der Waals surface area contributed by atoms with Crippen LogP contribution in [0.1, 0.15) is 6.42 Å². The summed E-state index contributed by atoms with van der Waals surface area (Å²) in [4.78, 5) is 26.1. The topological polar surface area (TPSA) is 76.1 Å². The van der Waals surface area contributed by atoms with Crippen LogP contribution in [0.3, 0.4) is 0 Å². The van der Waals surface area contributed by atoms with E-state index in [1.807, 2.05) is 42.5 Å². The number of amides is 1. The highest BCUT2D eigenvalue weighted by atomic mass is 16.5. The van der Waals surface area contributed by atoms with Crippen LogP contribution in [0.4, 0.5) is 0 Å². The molecule has 0 aromatic heterocycles. The molecule has 1 N–H and O–H groups in total. The van der Waals surface area contributed by atoms with Gasteiger partial charge in [0.15, 0.2) is 6.61 Å². The monoisotopic (exact) mass is 355 g/mol. The van der Waals surface area contributed by atoms with Crippen LogP contribution in [0, 0.1) is 11.3 Å². The maximum atomic E-state index is 12.6. The Morgan fingerprint density at radius 3 is 2.85 bits per heavy atom. The van der Waals surface area contributed by atoms with Crippen LogP contribution >= 0.6 is 0 Å². The molecule has 0 spiro atoms. The number of carboxylic acid groups (broad SMARTS) is 1. The van der Waals surface area contributed by atoms with Gasteiger partial charge in [-0.15, -0.1) is 0 Å². The van der Waals surface area contributed by atoms with Gasteiger partial charge in [0, 0.05) is 31.0 Å². The zero-order valence-electron chi connectivity index (χ0n) is 14.4. The fraction of sp³-hybridized carbons (Fsp3) is 0.400. The molecule has 2 saturated heterocycles. The number of carbonyl (C=O) groups excluding carboxylic acids is 1. The van der Waals surface area contributed by atoms with Gasteiger partial charge in [0.2, 0.25) is 0 Å². The number of aliphatic carboxylic acids is 1. The van der Waals surface area contributed by atoms with Gasteiger partial charge in [-0.2, -0.15) is 0 Å². The average Bonchev–Trinajstić information content (AvgIpc) is 3.07. The first-order chi connectivity index (χ1) is 12.6. The summed E-state index contributed by atoms with van der Waals surface area (Å²) in [5.41, 5.74) is -0.882. The van der Waals surface area contributed by atoms with Crippen LogP contribution in [0.5, 0.6) is 5.75 Å². The van der Waals surface area contributed by atoms with Crippen molar-refractivity contribution in [3.8, 4) is 5.75 Å². The Labute approximate surface area is 151 Å². The number of rotatable bonds is 4. The van der Waals surface area contributed by atoms with Gasteiger partial charge in [-0.25, -0.2) is 0 Å². The van der Waals surface area contributed by atoms with Crippen LogP contribution in [-0.4, -0.2) is 54.8 Å². The Kier molecular flexibility index (Phi) is 4.28. The molecular weight excluding hydrogens is 334 g/mol. The van der Waals surface area contributed by atoms with E-state index in [4.69, 9.17) is 9.47 Å². The van der Waals surface area contributed by atoms with Gasteiger partial charge in [0.25, 0.3) is 5.91 Å². The number of nitrogens with zero attached hydrogens (tertiary/aromatic N) is 1. The van der Waals surface area contributed by atoms with Crippen molar-refractivity contribution in [1.82, 2.24) is 4.90 Å². The van der Waals surface area contributed by atoms with E-state index in [1.165, 1.54) is 0 Å². The molecule has 6 heteroatoms. The molecule has 26 heavy (non-hydrogen) atoms. The van der Waals surface area contributed by atoms with Gasteiger partial charge >= 0.3 is 5.97 Å². The van der Waals surface area contributed by atoms with E-state index in [0.29, 0.717) is 31.9 Å². The van der Waals surface area contributed by atoms with Crippen molar-refractivity contribution < 1.29 is 24.2 Å². The van der Waals surface area contributed by atoms with Crippen molar-refractivity contribution in [3.63, 3.8) is 0 Å². The molecule has 0 unspecified atom stereocenters. The van der Waals surface area contributed by atoms with E-state index >= 15 is 0 Å². The van der Waals surface area contributed by atoms with Gasteiger partial charge in [-0.1, -0.05) is 36.4 Å². The van der Waals surface area contributed by atoms with E-state index < -0.39 is 11.4 Å². The van der Waals surface area contributed by atoms with Crippen LogP contribution in [-0.2, 0) is 14.3 Å². The van der Waals surface area contributed by atoms with Crippen molar-refractivity contribution >= 4 is 22.6 Å². The number of hydrogen-bond donors (Lipinski definition) is 1. The van der Waals surface area contributed by atoms with E-state index in [2.05, 4.69) is 0 Å². The zero-order chi connectivity index (χ0) is 18.1. The molecule has 0 saturated carbocycles. The Bertz CT molecular complexity index is 846. The van der Waals surface area contributed by atoms with E-state index in [-0.39, 0.29) is 25.0 Å². The second kappa shape index (κ2) is 6.61. The second-order valence-corrected chi connectivity index (χ2v) is 7.02. The Hall–Kier alpha value is -2.60. The molecular formula is C20H21NO5. The molecule has 4 rings (SSSR count). The predicted molar refractivity (Wildman–Crippen MR) is 95.0 cm³/mol. The zero-order valence-corrected chi connectivity index (χ0v) is 14.4. The molecule has 2 fully saturated rings. The lowest BCUT2D eigenvalue weighted by Crippen LogP contribution is -2.45. The normalized spacial score (nSPS) is 25.1. The third-order valence-corrected chi connectivity index (χ3v) is 5.59. The molecule has 1 amide bonds.